The fourth-order valence-corrected chi connectivity index (χ4v) is 10.2. The molecule has 57 heavy (non-hydrogen) atoms. The molecule has 4 aromatic carbocycles. The Morgan fingerprint density at radius 1 is 0.877 bits per heavy atom. The molecule has 4 atom stereocenters. The van der Waals surface area contributed by atoms with E-state index in [-0.39, 0.29) is 42.0 Å². The van der Waals surface area contributed by atoms with Gasteiger partial charge in [-0.3, -0.25) is 14.5 Å². The van der Waals surface area contributed by atoms with E-state index in [1.165, 1.54) is 0 Å². The van der Waals surface area contributed by atoms with Crippen LogP contribution >= 0.6 is 0 Å². The number of amides is 1. The van der Waals surface area contributed by atoms with Gasteiger partial charge in [0, 0.05) is 38.3 Å². The molecule has 3 heterocycles. The summed E-state index contributed by atoms with van der Waals surface area (Å²) in [4.78, 5) is 34.5. The van der Waals surface area contributed by atoms with Crippen LogP contribution in [0.5, 0.6) is 0 Å². The lowest BCUT2D eigenvalue weighted by molar-refractivity contribution is -0.128. The van der Waals surface area contributed by atoms with Gasteiger partial charge in [0.25, 0.3) is 0 Å². The number of carbonyl (C=O) groups excluding carboxylic acids is 2. The van der Waals surface area contributed by atoms with E-state index < -0.39 is 21.6 Å². The van der Waals surface area contributed by atoms with Crippen molar-refractivity contribution in [2.45, 2.75) is 75.4 Å². The third kappa shape index (κ3) is 8.61. The number of fused-ring (bicyclic) bond motifs is 1. The summed E-state index contributed by atoms with van der Waals surface area (Å²) in [5.74, 6) is 0.499. The highest BCUT2D eigenvalue weighted by atomic mass is 32.2. The molecule has 7 rings (SSSR count). The van der Waals surface area contributed by atoms with E-state index >= 15 is 0 Å². The zero-order chi connectivity index (χ0) is 40.0. The third-order valence-corrected chi connectivity index (χ3v) is 13.1. The molecule has 10 nitrogen and oxygen atoms in total. The normalized spacial score (nSPS) is 19.2. The Kier molecular flexibility index (Phi) is 12.4. The monoisotopic (exact) mass is 786 g/mol. The van der Waals surface area contributed by atoms with Gasteiger partial charge in [0.15, 0.2) is 5.78 Å². The summed E-state index contributed by atoms with van der Waals surface area (Å²) in [6.45, 7) is 8.33. The number of benzene rings is 4. The van der Waals surface area contributed by atoms with Crippen molar-refractivity contribution >= 4 is 27.4 Å². The van der Waals surface area contributed by atoms with Crippen molar-refractivity contribution < 1.29 is 18.0 Å². The van der Waals surface area contributed by atoms with Crippen molar-refractivity contribution in [1.29, 1.82) is 0 Å². The van der Waals surface area contributed by atoms with Gasteiger partial charge in [-0.2, -0.15) is 0 Å². The second-order valence-corrected chi connectivity index (χ2v) is 17.5. The number of nitrogens with zero attached hydrogens (tertiary/aromatic N) is 3. The SMILES string of the molecule is CCNC(=O)[C@H]1CC(C)CCN1CC(CCC(=O)c1cn(C(c2ccccc2)(c2ccccc2)c2ccccc2)cn1)NS(=O)(=O)c1cccc2c1NCC(C)C2. The van der Waals surface area contributed by atoms with E-state index in [1.54, 1.807) is 18.5 Å². The molecule has 0 aliphatic carbocycles. The first-order chi connectivity index (χ1) is 27.6. The molecule has 1 aromatic heterocycles. The van der Waals surface area contributed by atoms with E-state index in [9.17, 15) is 18.0 Å². The van der Waals surface area contributed by atoms with Crippen molar-refractivity contribution in [3.05, 3.63) is 150 Å². The third-order valence-electron chi connectivity index (χ3n) is 11.6. The fraction of sp³-hybridized carbons (Fsp3) is 0.370. The number of para-hydroxylation sites is 1. The highest BCUT2D eigenvalue weighted by Crippen LogP contribution is 2.41. The number of imidazole rings is 1. The van der Waals surface area contributed by atoms with Crippen LogP contribution in [0.3, 0.4) is 0 Å². The predicted octanol–water partition coefficient (Wildman–Crippen LogP) is 6.87. The van der Waals surface area contributed by atoms with E-state index in [1.807, 2.05) is 78.4 Å². The lowest BCUT2D eigenvalue weighted by Crippen LogP contribution is -2.55. The van der Waals surface area contributed by atoms with Crippen LogP contribution < -0.4 is 15.4 Å². The number of piperidine rings is 1. The smallest absolute Gasteiger partial charge is 0.242 e. The van der Waals surface area contributed by atoms with Gasteiger partial charge in [0.05, 0.1) is 18.1 Å². The van der Waals surface area contributed by atoms with Gasteiger partial charge >= 0.3 is 0 Å². The van der Waals surface area contributed by atoms with Crippen molar-refractivity contribution in [2.24, 2.45) is 11.8 Å². The number of hydrogen-bond donors (Lipinski definition) is 3. The summed E-state index contributed by atoms with van der Waals surface area (Å²) in [6.07, 6.45) is 6.18. The number of nitrogens with one attached hydrogen (secondary N) is 3. The number of sulfonamides is 1. The summed E-state index contributed by atoms with van der Waals surface area (Å²) in [7, 11) is -4.02. The summed E-state index contributed by atoms with van der Waals surface area (Å²) in [5, 5.41) is 6.34. The molecule has 3 N–H and O–H groups in total. The predicted molar refractivity (Wildman–Crippen MR) is 225 cm³/mol. The number of Topliss-reactive ketones (excluding diaryl/α,β-unsaturated/α-hetero) is 1. The average Bonchev–Trinajstić information content (AvgIpc) is 3.72. The lowest BCUT2D eigenvalue weighted by Gasteiger charge is -2.39. The highest BCUT2D eigenvalue weighted by Gasteiger charge is 2.39. The zero-order valence-corrected chi connectivity index (χ0v) is 33.9. The number of ketones is 1. The number of anilines is 1. The van der Waals surface area contributed by atoms with E-state index in [0.29, 0.717) is 49.3 Å². The molecule has 0 saturated carbocycles. The topological polar surface area (TPSA) is 125 Å². The highest BCUT2D eigenvalue weighted by molar-refractivity contribution is 7.89. The second kappa shape index (κ2) is 17.6. The molecule has 0 bridgehead atoms. The van der Waals surface area contributed by atoms with Gasteiger partial charge in [-0.25, -0.2) is 18.1 Å². The second-order valence-electron chi connectivity index (χ2n) is 15.8. The first-order valence-electron chi connectivity index (χ1n) is 20.2. The quantitative estimate of drug-likeness (QED) is 0.0782. The van der Waals surface area contributed by atoms with Crippen LogP contribution in [0.1, 0.15) is 79.2 Å². The zero-order valence-electron chi connectivity index (χ0n) is 33.1. The van der Waals surface area contributed by atoms with Crippen LogP contribution in [0, 0.1) is 11.8 Å². The van der Waals surface area contributed by atoms with Crippen molar-refractivity contribution in [2.75, 3.05) is 31.5 Å². The molecular formula is C46H54N6O4S. The number of hydrogen-bond acceptors (Lipinski definition) is 7. The maximum absolute atomic E-state index is 14.3. The number of rotatable bonds is 15. The maximum atomic E-state index is 14.3. The molecule has 2 aliphatic rings. The van der Waals surface area contributed by atoms with Crippen LogP contribution in [-0.4, -0.2) is 72.8 Å². The average molecular weight is 787 g/mol. The number of carbonyl (C=O) groups is 2. The minimum absolute atomic E-state index is 0.0535. The van der Waals surface area contributed by atoms with Gasteiger partial charge in [0.1, 0.15) is 16.1 Å². The molecule has 298 valence electrons. The Labute approximate surface area is 337 Å². The Hall–Kier alpha value is -5.10. The Balaban J connectivity index is 1.20. The van der Waals surface area contributed by atoms with Gasteiger partial charge in [-0.1, -0.05) is 117 Å². The van der Waals surface area contributed by atoms with Crippen LogP contribution in [0.4, 0.5) is 5.69 Å². The summed E-state index contributed by atoms with van der Waals surface area (Å²) < 4.78 is 33.6. The molecule has 1 amide bonds. The molecule has 0 spiro atoms. The number of likely N-dealkylation sites (N-methyl/N-ethyl adjacent to an activating group) is 1. The summed E-state index contributed by atoms with van der Waals surface area (Å²) in [5.41, 5.74) is 4.11. The van der Waals surface area contributed by atoms with Crippen molar-refractivity contribution in [1.82, 2.24) is 24.5 Å². The van der Waals surface area contributed by atoms with Crippen LogP contribution in [0.15, 0.2) is 127 Å². The molecule has 0 radical (unpaired) electrons. The fourth-order valence-electron chi connectivity index (χ4n) is 8.69. The maximum Gasteiger partial charge on any atom is 0.242 e. The molecule has 1 saturated heterocycles. The van der Waals surface area contributed by atoms with Crippen LogP contribution in [-0.2, 0) is 26.8 Å². The summed E-state index contributed by atoms with van der Waals surface area (Å²) in [6, 6.07) is 35.0. The van der Waals surface area contributed by atoms with Crippen molar-refractivity contribution in [3.8, 4) is 0 Å². The van der Waals surface area contributed by atoms with Gasteiger partial charge in [0.2, 0.25) is 15.9 Å². The summed E-state index contributed by atoms with van der Waals surface area (Å²) >= 11 is 0. The van der Waals surface area contributed by atoms with Crippen LogP contribution in [0.25, 0.3) is 0 Å². The molecular weight excluding hydrogens is 733 g/mol. The molecule has 11 heteroatoms. The number of aromatic nitrogens is 2. The standard InChI is InChI=1S/C46H54N6O4S/c1-4-47-45(54)41-28-33(2)25-26-51(41)30-39(50-57(55,56)43-22-14-15-35-27-34(3)29-48-44(35)43)23-24-42(53)40-31-52(32-49-40)46(36-16-8-5-9-17-36,37-18-10-6-11-19-37)38-20-12-7-13-21-38/h5-22,31-34,39,41,48,50H,4,23-30H2,1-3H3,(H,47,54)/t33?,34?,39?,41-/m1/s1. The molecule has 1 fully saturated rings. The van der Waals surface area contributed by atoms with Crippen molar-refractivity contribution in [3.63, 3.8) is 0 Å². The number of likely N-dealkylation sites (tertiary alicyclic amines) is 1. The Bertz CT molecular complexity index is 2150. The molecule has 5 aromatic rings. The lowest BCUT2D eigenvalue weighted by atomic mass is 9.77. The van der Waals surface area contributed by atoms with Gasteiger partial charge in [-0.05, 0) is 79.3 Å². The van der Waals surface area contributed by atoms with E-state index in [4.69, 9.17) is 4.98 Å². The molecule has 2 aliphatic heterocycles. The van der Waals surface area contributed by atoms with Gasteiger partial charge in [-0.15, -0.1) is 0 Å². The van der Waals surface area contributed by atoms with Crippen LogP contribution in [0.2, 0.25) is 0 Å². The Morgan fingerprint density at radius 2 is 1.51 bits per heavy atom. The minimum Gasteiger partial charge on any atom is -0.383 e. The van der Waals surface area contributed by atoms with E-state index in [2.05, 4.69) is 70.5 Å². The van der Waals surface area contributed by atoms with E-state index in [0.717, 1.165) is 35.1 Å². The minimum atomic E-state index is -4.02. The van der Waals surface area contributed by atoms with Gasteiger partial charge < -0.3 is 15.2 Å². The first kappa shape index (κ1) is 40.1. The first-order valence-corrected chi connectivity index (χ1v) is 21.7. The molecule has 3 unspecified atom stereocenters. The Morgan fingerprint density at radius 3 is 2.12 bits per heavy atom. The largest absolute Gasteiger partial charge is 0.383 e.